The summed E-state index contributed by atoms with van der Waals surface area (Å²) in [5, 5.41) is 6.70. The van der Waals surface area contributed by atoms with Gasteiger partial charge in [-0.3, -0.25) is 9.89 Å². The second-order valence-corrected chi connectivity index (χ2v) is 7.63. The highest BCUT2D eigenvalue weighted by molar-refractivity contribution is 5.97. The quantitative estimate of drug-likeness (QED) is 0.646. The Labute approximate surface area is 159 Å². The molecule has 0 spiro atoms. The molecule has 1 N–H and O–H groups in total. The molecule has 1 aliphatic heterocycles. The van der Waals surface area contributed by atoms with E-state index in [1.807, 2.05) is 44.0 Å². The lowest BCUT2D eigenvalue weighted by atomic mass is 9.83. The van der Waals surface area contributed by atoms with Crippen LogP contribution in [0.15, 0.2) is 42.2 Å². The van der Waals surface area contributed by atoms with Gasteiger partial charge in [-0.2, -0.15) is 5.10 Å². The third kappa shape index (κ3) is 3.39. The van der Waals surface area contributed by atoms with Crippen molar-refractivity contribution in [2.75, 3.05) is 18.6 Å². The Morgan fingerprint density at radius 3 is 2.67 bits per heavy atom. The number of ketones is 1. The van der Waals surface area contributed by atoms with Gasteiger partial charge in [-0.1, -0.05) is 45.9 Å². The highest BCUT2D eigenvalue weighted by Crippen LogP contribution is 2.46. The molecule has 0 atom stereocenters. The molecular weight excluding hydrogens is 342 g/mol. The summed E-state index contributed by atoms with van der Waals surface area (Å²) >= 11 is 0. The molecule has 0 amide bonds. The maximum atomic E-state index is 12.5. The highest BCUT2D eigenvalue weighted by Gasteiger charge is 2.38. The minimum atomic E-state index is -0.540. The number of rotatable bonds is 5. The van der Waals surface area contributed by atoms with Crippen LogP contribution in [0.1, 0.15) is 55.2 Å². The van der Waals surface area contributed by atoms with Gasteiger partial charge in [-0.25, -0.2) is 4.79 Å². The summed E-state index contributed by atoms with van der Waals surface area (Å²) in [6.07, 6.45) is 3.01. The molecule has 6 nitrogen and oxygen atoms in total. The molecule has 27 heavy (non-hydrogen) atoms. The SMILES string of the molecule is CC(C)c1[nH]ncc1C(=O)OCC(=O)C=C1N(C)c2ccccc2C1(C)C. The van der Waals surface area contributed by atoms with E-state index < -0.39 is 5.97 Å². The minimum absolute atomic E-state index is 0.110. The van der Waals surface area contributed by atoms with Crippen molar-refractivity contribution in [3.05, 3.63) is 59.1 Å². The van der Waals surface area contributed by atoms with E-state index in [2.05, 4.69) is 30.1 Å². The number of anilines is 1. The second kappa shape index (κ2) is 7.02. The lowest BCUT2D eigenvalue weighted by Crippen LogP contribution is -2.25. The molecule has 2 heterocycles. The molecule has 142 valence electrons. The number of carbonyl (C=O) groups is 2. The zero-order valence-corrected chi connectivity index (χ0v) is 16.4. The van der Waals surface area contributed by atoms with E-state index in [0.29, 0.717) is 11.3 Å². The van der Waals surface area contributed by atoms with Gasteiger partial charge in [0.25, 0.3) is 0 Å². The van der Waals surface area contributed by atoms with Gasteiger partial charge < -0.3 is 9.64 Å². The van der Waals surface area contributed by atoms with Crippen LogP contribution in [0.5, 0.6) is 0 Å². The number of nitrogens with zero attached hydrogens (tertiary/aromatic N) is 2. The number of para-hydroxylation sites is 1. The number of hydrogen-bond acceptors (Lipinski definition) is 5. The monoisotopic (exact) mass is 367 g/mol. The number of H-pyrrole nitrogens is 1. The Morgan fingerprint density at radius 1 is 1.30 bits per heavy atom. The summed E-state index contributed by atoms with van der Waals surface area (Å²) in [5.41, 5.74) is 3.92. The Kier molecular flexibility index (Phi) is 4.91. The molecule has 0 saturated carbocycles. The first-order valence-corrected chi connectivity index (χ1v) is 9.02. The topological polar surface area (TPSA) is 75.3 Å². The summed E-state index contributed by atoms with van der Waals surface area (Å²) in [4.78, 5) is 26.8. The van der Waals surface area contributed by atoms with E-state index >= 15 is 0 Å². The molecule has 1 aliphatic rings. The van der Waals surface area contributed by atoms with Gasteiger partial charge in [0.15, 0.2) is 12.4 Å². The molecule has 0 fully saturated rings. The number of hydrogen-bond donors (Lipinski definition) is 1. The van der Waals surface area contributed by atoms with Crippen molar-refractivity contribution in [1.29, 1.82) is 0 Å². The molecular formula is C21H25N3O3. The van der Waals surface area contributed by atoms with Crippen LogP contribution in [0.25, 0.3) is 0 Å². The zero-order chi connectivity index (χ0) is 19.8. The van der Waals surface area contributed by atoms with Crippen molar-refractivity contribution in [1.82, 2.24) is 10.2 Å². The Balaban J connectivity index is 1.72. The third-order valence-electron chi connectivity index (χ3n) is 5.05. The van der Waals surface area contributed by atoms with Gasteiger partial charge in [-0.15, -0.1) is 0 Å². The number of nitrogens with one attached hydrogen (secondary N) is 1. The maximum absolute atomic E-state index is 12.5. The molecule has 0 unspecified atom stereocenters. The smallest absolute Gasteiger partial charge is 0.342 e. The van der Waals surface area contributed by atoms with Gasteiger partial charge in [0, 0.05) is 29.9 Å². The lowest BCUT2D eigenvalue weighted by molar-refractivity contribution is -0.117. The van der Waals surface area contributed by atoms with Crippen LogP contribution >= 0.6 is 0 Å². The van der Waals surface area contributed by atoms with Gasteiger partial charge in [0.05, 0.1) is 11.9 Å². The van der Waals surface area contributed by atoms with Crippen LogP contribution in [0.4, 0.5) is 5.69 Å². The number of ether oxygens (including phenoxy) is 1. The Bertz CT molecular complexity index is 909. The Morgan fingerprint density at radius 2 is 2.00 bits per heavy atom. The van der Waals surface area contributed by atoms with Crippen molar-refractivity contribution in [2.24, 2.45) is 0 Å². The van der Waals surface area contributed by atoms with Crippen molar-refractivity contribution in [3.63, 3.8) is 0 Å². The van der Waals surface area contributed by atoms with E-state index in [4.69, 9.17) is 4.74 Å². The second-order valence-electron chi connectivity index (χ2n) is 7.63. The van der Waals surface area contributed by atoms with Crippen molar-refractivity contribution in [2.45, 2.75) is 39.0 Å². The predicted molar refractivity (Wildman–Crippen MR) is 104 cm³/mol. The van der Waals surface area contributed by atoms with Crippen LogP contribution in [-0.4, -0.2) is 35.6 Å². The van der Waals surface area contributed by atoms with Gasteiger partial charge >= 0.3 is 5.97 Å². The molecule has 0 aliphatic carbocycles. The number of aromatic amines is 1. The molecule has 2 aromatic rings. The molecule has 1 aromatic heterocycles. The number of aromatic nitrogens is 2. The van der Waals surface area contributed by atoms with Gasteiger partial charge in [0.1, 0.15) is 5.56 Å². The fraction of sp³-hybridized carbons (Fsp3) is 0.381. The molecule has 1 aromatic carbocycles. The molecule has 3 rings (SSSR count). The zero-order valence-electron chi connectivity index (χ0n) is 16.4. The average Bonchev–Trinajstić information content (AvgIpc) is 3.19. The average molecular weight is 367 g/mol. The summed E-state index contributed by atoms with van der Waals surface area (Å²) in [6.45, 7) is 7.78. The number of likely N-dealkylation sites (N-methyl/N-ethyl adjacent to an activating group) is 1. The van der Waals surface area contributed by atoms with Crippen molar-refractivity contribution >= 4 is 17.4 Å². The first-order valence-electron chi connectivity index (χ1n) is 9.02. The Hall–Kier alpha value is -2.89. The van der Waals surface area contributed by atoms with E-state index in [1.54, 1.807) is 6.08 Å². The van der Waals surface area contributed by atoms with Crippen molar-refractivity contribution in [3.8, 4) is 0 Å². The van der Waals surface area contributed by atoms with Crippen LogP contribution < -0.4 is 4.90 Å². The van der Waals surface area contributed by atoms with Crippen LogP contribution in [-0.2, 0) is 14.9 Å². The number of fused-ring (bicyclic) bond motifs is 1. The van der Waals surface area contributed by atoms with E-state index in [1.165, 1.54) is 11.8 Å². The predicted octanol–water partition coefficient (Wildman–Crippen LogP) is 3.57. The number of carbonyl (C=O) groups excluding carboxylic acids is 2. The van der Waals surface area contributed by atoms with Crippen LogP contribution in [0.2, 0.25) is 0 Å². The van der Waals surface area contributed by atoms with Gasteiger partial charge in [0.2, 0.25) is 0 Å². The molecule has 0 radical (unpaired) electrons. The van der Waals surface area contributed by atoms with E-state index in [0.717, 1.165) is 11.4 Å². The van der Waals surface area contributed by atoms with Crippen LogP contribution in [0.3, 0.4) is 0 Å². The van der Waals surface area contributed by atoms with E-state index in [9.17, 15) is 9.59 Å². The number of allylic oxidation sites excluding steroid dienone is 1. The van der Waals surface area contributed by atoms with E-state index in [-0.39, 0.29) is 23.7 Å². The maximum Gasteiger partial charge on any atom is 0.342 e. The highest BCUT2D eigenvalue weighted by atomic mass is 16.5. The standard InChI is InChI=1S/C21H25N3O3/c1-13(2)19-15(11-22-23-19)20(26)27-12-14(25)10-18-21(3,4)16-8-6-7-9-17(16)24(18)5/h6-11,13H,12H2,1-5H3,(H,22,23). The fourth-order valence-corrected chi connectivity index (χ4v) is 3.57. The van der Waals surface area contributed by atoms with Gasteiger partial charge in [-0.05, 0) is 17.5 Å². The van der Waals surface area contributed by atoms with Crippen molar-refractivity contribution < 1.29 is 14.3 Å². The summed E-state index contributed by atoms with van der Waals surface area (Å²) < 4.78 is 5.22. The lowest BCUT2D eigenvalue weighted by Gasteiger charge is -2.23. The summed E-state index contributed by atoms with van der Waals surface area (Å²) in [7, 11) is 1.94. The number of esters is 1. The summed E-state index contributed by atoms with van der Waals surface area (Å²) in [6, 6.07) is 8.09. The minimum Gasteiger partial charge on any atom is -0.454 e. The largest absolute Gasteiger partial charge is 0.454 e. The molecule has 6 heteroatoms. The first-order chi connectivity index (χ1) is 12.7. The third-order valence-corrected chi connectivity index (χ3v) is 5.05. The molecule has 0 bridgehead atoms. The summed E-state index contributed by atoms with van der Waals surface area (Å²) in [5.74, 6) is -0.679. The first kappa shape index (κ1) is 18.9. The normalized spacial score (nSPS) is 16.7. The van der Waals surface area contributed by atoms with Crippen LogP contribution in [0, 0.1) is 0 Å². The number of benzene rings is 1. The molecule has 0 saturated heterocycles. The fourth-order valence-electron chi connectivity index (χ4n) is 3.57.